The van der Waals surface area contributed by atoms with Crippen LogP contribution in [0.3, 0.4) is 0 Å². The van der Waals surface area contributed by atoms with Crippen LogP contribution < -0.4 is 9.47 Å². The van der Waals surface area contributed by atoms with Gasteiger partial charge in [0, 0.05) is 0 Å². The van der Waals surface area contributed by atoms with E-state index in [1.165, 1.54) is 14.2 Å². The van der Waals surface area contributed by atoms with Crippen molar-refractivity contribution in [3.63, 3.8) is 0 Å². The highest BCUT2D eigenvalue weighted by Crippen LogP contribution is 2.37. The number of benzene rings is 1. The average molecular weight is 244 g/mol. The van der Waals surface area contributed by atoms with E-state index < -0.39 is 0 Å². The number of rotatable bonds is 4. The molecule has 1 aromatic rings. The molecule has 4 nitrogen and oxygen atoms in total. The Kier molecular flexibility index (Phi) is 4.43. The molecule has 1 N–H and O–H groups in total. The van der Waals surface area contributed by atoms with Gasteiger partial charge in [-0.1, -0.05) is 11.6 Å². The van der Waals surface area contributed by atoms with E-state index in [9.17, 15) is 0 Å². The van der Waals surface area contributed by atoms with E-state index in [0.29, 0.717) is 28.7 Å². The van der Waals surface area contributed by atoms with Crippen LogP contribution in [0.25, 0.3) is 0 Å². The Balaban J connectivity index is 3.18. The monoisotopic (exact) mass is 243 g/mol. The summed E-state index contributed by atoms with van der Waals surface area (Å²) in [5.74, 6) is 0.958. The van der Waals surface area contributed by atoms with Crippen molar-refractivity contribution in [3.05, 3.63) is 22.7 Å². The second-order valence-corrected chi connectivity index (χ2v) is 3.30. The molecule has 0 aliphatic heterocycles. The quantitative estimate of drug-likeness (QED) is 0.654. The molecule has 5 heteroatoms. The topological polar surface area (TPSA) is 51.5 Å². The zero-order chi connectivity index (χ0) is 12.1. The molecule has 0 radical (unpaired) electrons. The van der Waals surface area contributed by atoms with Crippen molar-refractivity contribution < 1.29 is 14.2 Å². The summed E-state index contributed by atoms with van der Waals surface area (Å²) in [6, 6.07) is 3.36. The molecule has 0 fully saturated rings. The minimum atomic E-state index is 0.0217. The molecule has 0 bridgehead atoms. The van der Waals surface area contributed by atoms with Crippen LogP contribution in [0.5, 0.6) is 11.5 Å². The van der Waals surface area contributed by atoms with Crippen molar-refractivity contribution >= 4 is 17.5 Å². The maximum Gasteiger partial charge on any atom is 0.214 e. The van der Waals surface area contributed by atoms with E-state index in [-0.39, 0.29) is 5.90 Å². The van der Waals surface area contributed by atoms with Crippen molar-refractivity contribution in [1.29, 1.82) is 5.41 Å². The Morgan fingerprint density at radius 1 is 1.31 bits per heavy atom. The summed E-state index contributed by atoms with van der Waals surface area (Å²) < 4.78 is 15.3. The van der Waals surface area contributed by atoms with Crippen molar-refractivity contribution in [1.82, 2.24) is 0 Å². The molecule has 0 atom stereocenters. The third kappa shape index (κ3) is 2.39. The van der Waals surface area contributed by atoms with E-state index >= 15 is 0 Å². The molecule has 0 heterocycles. The zero-order valence-corrected chi connectivity index (χ0v) is 10.2. The zero-order valence-electron chi connectivity index (χ0n) is 9.46. The van der Waals surface area contributed by atoms with Gasteiger partial charge in [-0.15, -0.1) is 0 Å². The van der Waals surface area contributed by atoms with Crippen LogP contribution in [0.15, 0.2) is 12.1 Å². The Morgan fingerprint density at radius 2 is 2.00 bits per heavy atom. The van der Waals surface area contributed by atoms with Gasteiger partial charge in [-0.2, -0.15) is 0 Å². The summed E-state index contributed by atoms with van der Waals surface area (Å²) in [7, 11) is 3.03. The molecule has 0 saturated carbocycles. The maximum absolute atomic E-state index is 7.67. The molecule has 0 aromatic heterocycles. The molecule has 0 unspecified atom stereocenters. The fourth-order valence-corrected chi connectivity index (χ4v) is 1.61. The van der Waals surface area contributed by atoms with E-state index in [1.807, 2.05) is 6.92 Å². The van der Waals surface area contributed by atoms with Crippen LogP contribution in [0, 0.1) is 5.41 Å². The molecule has 0 aliphatic rings. The summed E-state index contributed by atoms with van der Waals surface area (Å²) in [6.07, 6.45) is 0. The highest BCUT2D eigenvalue weighted by atomic mass is 35.5. The lowest BCUT2D eigenvalue weighted by Crippen LogP contribution is -2.06. The van der Waals surface area contributed by atoms with Gasteiger partial charge in [0.05, 0.1) is 31.4 Å². The van der Waals surface area contributed by atoms with Crippen molar-refractivity contribution in [3.8, 4) is 11.5 Å². The minimum Gasteiger partial charge on any atom is -0.493 e. The SMILES string of the molecule is CCOC(=N)c1ccc(OC)c(OC)c1Cl. The Bertz CT molecular complexity index is 393. The normalized spacial score (nSPS) is 9.75. The minimum absolute atomic E-state index is 0.0217. The first kappa shape index (κ1) is 12.6. The predicted molar refractivity (Wildman–Crippen MR) is 63.0 cm³/mol. The van der Waals surface area contributed by atoms with Gasteiger partial charge in [0.25, 0.3) is 0 Å². The second kappa shape index (κ2) is 5.61. The van der Waals surface area contributed by atoms with Gasteiger partial charge in [0.1, 0.15) is 0 Å². The first-order chi connectivity index (χ1) is 7.65. The van der Waals surface area contributed by atoms with E-state index in [1.54, 1.807) is 12.1 Å². The summed E-state index contributed by atoms with van der Waals surface area (Å²) >= 11 is 6.10. The van der Waals surface area contributed by atoms with Gasteiger partial charge in [-0.3, -0.25) is 5.41 Å². The number of methoxy groups -OCH3 is 2. The van der Waals surface area contributed by atoms with Gasteiger partial charge < -0.3 is 14.2 Å². The van der Waals surface area contributed by atoms with E-state index in [4.69, 9.17) is 31.2 Å². The summed E-state index contributed by atoms with van der Waals surface area (Å²) in [4.78, 5) is 0. The van der Waals surface area contributed by atoms with Crippen molar-refractivity contribution in [2.45, 2.75) is 6.92 Å². The lowest BCUT2D eigenvalue weighted by atomic mass is 10.2. The molecular weight excluding hydrogens is 230 g/mol. The Labute approximate surface area is 99.6 Å². The lowest BCUT2D eigenvalue weighted by molar-refractivity contribution is 0.325. The first-order valence-electron chi connectivity index (χ1n) is 4.77. The van der Waals surface area contributed by atoms with Crippen LogP contribution in [0.1, 0.15) is 12.5 Å². The smallest absolute Gasteiger partial charge is 0.214 e. The standard InChI is InChI=1S/C11H14ClNO3/c1-4-16-11(13)7-5-6-8(14-2)10(15-3)9(7)12/h5-6,13H,4H2,1-3H3. The largest absolute Gasteiger partial charge is 0.493 e. The molecule has 0 aliphatic carbocycles. The third-order valence-electron chi connectivity index (χ3n) is 2.02. The number of ether oxygens (including phenoxy) is 3. The van der Waals surface area contributed by atoms with Gasteiger partial charge in [0.15, 0.2) is 11.5 Å². The van der Waals surface area contributed by atoms with Gasteiger partial charge in [0.2, 0.25) is 5.90 Å². The highest BCUT2D eigenvalue weighted by Gasteiger charge is 2.16. The predicted octanol–water partition coefficient (Wildman–Crippen LogP) is 2.72. The van der Waals surface area contributed by atoms with Crippen molar-refractivity contribution in [2.75, 3.05) is 20.8 Å². The van der Waals surface area contributed by atoms with Gasteiger partial charge >= 0.3 is 0 Å². The summed E-state index contributed by atoms with van der Waals surface area (Å²) in [5.41, 5.74) is 0.487. The van der Waals surface area contributed by atoms with Crippen molar-refractivity contribution in [2.24, 2.45) is 0 Å². The molecule has 1 aromatic carbocycles. The molecule has 0 saturated heterocycles. The van der Waals surface area contributed by atoms with Crippen LogP contribution in [0.4, 0.5) is 0 Å². The van der Waals surface area contributed by atoms with E-state index in [0.717, 1.165) is 0 Å². The lowest BCUT2D eigenvalue weighted by Gasteiger charge is -2.13. The Hall–Kier alpha value is -1.42. The molecule has 16 heavy (non-hydrogen) atoms. The molecule has 0 amide bonds. The van der Waals surface area contributed by atoms with Gasteiger partial charge in [-0.05, 0) is 19.1 Å². The maximum atomic E-state index is 7.67. The third-order valence-corrected chi connectivity index (χ3v) is 2.39. The molecule has 0 spiro atoms. The molecule has 88 valence electrons. The molecule has 1 rings (SSSR count). The summed E-state index contributed by atoms with van der Waals surface area (Å²) in [5, 5.41) is 7.99. The number of halogens is 1. The average Bonchev–Trinajstić information content (AvgIpc) is 2.28. The van der Waals surface area contributed by atoms with Crippen LogP contribution in [-0.2, 0) is 4.74 Å². The summed E-state index contributed by atoms with van der Waals surface area (Å²) in [6.45, 7) is 2.23. The fourth-order valence-electron chi connectivity index (χ4n) is 1.29. The van der Waals surface area contributed by atoms with Gasteiger partial charge in [-0.25, -0.2) is 0 Å². The Morgan fingerprint density at radius 3 is 2.50 bits per heavy atom. The molecular formula is C11H14ClNO3. The van der Waals surface area contributed by atoms with Crippen LogP contribution in [-0.4, -0.2) is 26.7 Å². The number of hydrogen-bond donors (Lipinski definition) is 1. The van der Waals surface area contributed by atoms with Crippen LogP contribution in [0.2, 0.25) is 5.02 Å². The van der Waals surface area contributed by atoms with Crippen LogP contribution >= 0.6 is 11.6 Å². The van der Waals surface area contributed by atoms with E-state index in [2.05, 4.69) is 0 Å². The first-order valence-corrected chi connectivity index (χ1v) is 5.15. The second-order valence-electron chi connectivity index (χ2n) is 2.92. The fraction of sp³-hybridized carbons (Fsp3) is 0.364. The number of nitrogens with one attached hydrogen (secondary N) is 1. The number of hydrogen-bond acceptors (Lipinski definition) is 4. The highest BCUT2D eigenvalue weighted by molar-refractivity contribution is 6.35.